The minimum absolute atomic E-state index is 0.194. The second kappa shape index (κ2) is 4.30. The van der Waals surface area contributed by atoms with Gasteiger partial charge in [0, 0.05) is 17.9 Å². The zero-order valence-electron chi connectivity index (χ0n) is 10.2. The van der Waals surface area contributed by atoms with E-state index in [1.54, 1.807) is 7.11 Å². The zero-order valence-corrected chi connectivity index (χ0v) is 10.2. The summed E-state index contributed by atoms with van der Waals surface area (Å²) in [5, 5.41) is 0. The number of methoxy groups -OCH3 is 1. The molecule has 2 aromatic carbocycles. The Morgan fingerprint density at radius 3 is 2.50 bits per heavy atom. The van der Waals surface area contributed by atoms with Gasteiger partial charge in [0.15, 0.2) is 5.78 Å². The predicted octanol–water partition coefficient (Wildman–Crippen LogP) is 3.41. The van der Waals surface area contributed by atoms with Crippen LogP contribution in [0, 0.1) is 0 Å². The van der Waals surface area contributed by atoms with Crippen molar-refractivity contribution in [3.8, 4) is 5.75 Å². The van der Waals surface area contributed by atoms with Crippen LogP contribution >= 0.6 is 0 Å². The number of Topliss-reactive ketones (excluding diaryl/α,β-unsaturated/α-hetero) is 1. The van der Waals surface area contributed by atoms with Gasteiger partial charge in [0.2, 0.25) is 0 Å². The fourth-order valence-electron chi connectivity index (χ4n) is 2.59. The van der Waals surface area contributed by atoms with Crippen LogP contribution in [0.25, 0.3) is 0 Å². The molecular formula is C16H14O2. The van der Waals surface area contributed by atoms with E-state index in [2.05, 4.69) is 6.07 Å². The van der Waals surface area contributed by atoms with E-state index in [1.165, 1.54) is 5.56 Å². The van der Waals surface area contributed by atoms with Crippen LogP contribution in [0.3, 0.4) is 0 Å². The summed E-state index contributed by atoms with van der Waals surface area (Å²) < 4.78 is 5.16. The second-order valence-corrected chi connectivity index (χ2v) is 4.54. The van der Waals surface area contributed by atoms with Gasteiger partial charge in [-0.2, -0.15) is 0 Å². The molecule has 1 atom stereocenters. The Kier molecular flexibility index (Phi) is 2.63. The third kappa shape index (κ3) is 1.70. The van der Waals surface area contributed by atoms with E-state index >= 15 is 0 Å². The molecule has 0 aromatic heterocycles. The van der Waals surface area contributed by atoms with E-state index in [9.17, 15) is 4.79 Å². The van der Waals surface area contributed by atoms with E-state index in [-0.39, 0.29) is 11.7 Å². The van der Waals surface area contributed by atoms with Crippen LogP contribution in [0.15, 0.2) is 48.5 Å². The number of carbonyl (C=O) groups is 1. The third-order valence-corrected chi connectivity index (χ3v) is 3.54. The Labute approximate surface area is 106 Å². The molecule has 0 unspecified atom stereocenters. The first kappa shape index (κ1) is 11.0. The van der Waals surface area contributed by atoms with Crippen molar-refractivity contribution < 1.29 is 9.53 Å². The van der Waals surface area contributed by atoms with Gasteiger partial charge in [-0.25, -0.2) is 0 Å². The lowest BCUT2D eigenvalue weighted by Gasteiger charge is -2.11. The third-order valence-electron chi connectivity index (χ3n) is 3.54. The number of ether oxygens (including phenoxy) is 1. The van der Waals surface area contributed by atoms with Crippen LogP contribution in [0.4, 0.5) is 0 Å². The molecule has 2 nitrogen and oxygen atoms in total. The topological polar surface area (TPSA) is 26.3 Å². The molecule has 2 heteroatoms. The standard InChI is InChI=1S/C16H14O2/c1-18-12-8-6-11(7-9-12)15-10-16(17)14-5-3-2-4-13(14)15/h2-9,15H,10H2,1H3/t15-/m1/s1. The van der Waals surface area contributed by atoms with Crippen molar-refractivity contribution in [2.75, 3.05) is 7.11 Å². The number of carbonyl (C=O) groups excluding carboxylic acids is 1. The maximum absolute atomic E-state index is 11.9. The number of rotatable bonds is 2. The van der Waals surface area contributed by atoms with E-state index in [4.69, 9.17) is 4.74 Å². The Morgan fingerprint density at radius 1 is 1.06 bits per heavy atom. The number of benzene rings is 2. The summed E-state index contributed by atoms with van der Waals surface area (Å²) in [7, 11) is 1.66. The maximum Gasteiger partial charge on any atom is 0.164 e. The molecule has 0 amide bonds. The quantitative estimate of drug-likeness (QED) is 0.801. The maximum atomic E-state index is 11.9. The number of hydrogen-bond donors (Lipinski definition) is 0. The van der Waals surface area contributed by atoms with Crippen LogP contribution < -0.4 is 4.74 Å². The van der Waals surface area contributed by atoms with Gasteiger partial charge >= 0.3 is 0 Å². The minimum atomic E-state index is 0.194. The lowest BCUT2D eigenvalue weighted by atomic mass is 9.93. The molecule has 0 N–H and O–H groups in total. The Balaban J connectivity index is 2.01. The van der Waals surface area contributed by atoms with Crippen molar-refractivity contribution in [1.29, 1.82) is 0 Å². The van der Waals surface area contributed by atoms with Crippen molar-refractivity contribution in [1.82, 2.24) is 0 Å². The summed E-state index contributed by atoms with van der Waals surface area (Å²) in [6.45, 7) is 0. The zero-order chi connectivity index (χ0) is 12.5. The van der Waals surface area contributed by atoms with Gasteiger partial charge in [0.05, 0.1) is 7.11 Å². The van der Waals surface area contributed by atoms with Gasteiger partial charge in [-0.15, -0.1) is 0 Å². The van der Waals surface area contributed by atoms with Crippen molar-refractivity contribution in [3.05, 3.63) is 65.2 Å². The fraction of sp³-hybridized carbons (Fsp3) is 0.188. The molecule has 18 heavy (non-hydrogen) atoms. The van der Waals surface area contributed by atoms with E-state index in [0.717, 1.165) is 16.9 Å². The van der Waals surface area contributed by atoms with Gasteiger partial charge in [-0.1, -0.05) is 36.4 Å². The normalized spacial score (nSPS) is 17.6. The van der Waals surface area contributed by atoms with Gasteiger partial charge in [0.25, 0.3) is 0 Å². The molecule has 0 fully saturated rings. The van der Waals surface area contributed by atoms with Gasteiger partial charge < -0.3 is 4.74 Å². The first-order valence-electron chi connectivity index (χ1n) is 6.05. The largest absolute Gasteiger partial charge is 0.497 e. The lowest BCUT2D eigenvalue weighted by molar-refractivity contribution is 0.0991. The molecule has 0 radical (unpaired) electrons. The Bertz CT molecular complexity index is 584. The molecule has 90 valence electrons. The smallest absolute Gasteiger partial charge is 0.164 e. The summed E-state index contributed by atoms with van der Waals surface area (Å²) in [4.78, 5) is 11.9. The van der Waals surface area contributed by atoms with Crippen molar-refractivity contribution in [2.24, 2.45) is 0 Å². The van der Waals surface area contributed by atoms with Gasteiger partial charge in [-0.05, 0) is 23.3 Å². The van der Waals surface area contributed by atoms with Crippen LogP contribution in [-0.2, 0) is 0 Å². The van der Waals surface area contributed by atoms with E-state index in [0.29, 0.717) is 6.42 Å². The highest BCUT2D eigenvalue weighted by Crippen LogP contribution is 2.38. The van der Waals surface area contributed by atoms with Crippen molar-refractivity contribution >= 4 is 5.78 Å². The lowest BCUT2D eigenvalue weighted by Crippen LogP contribution is -1.96. The van der Waals surface area contributed by atoms with E-state index < -0.39 is 0 Å². The number of ketones is 1. The number of fused-ring (bicyclic) bond motifs is 1. The van der Waals surface area contributed by atoms with Crippen LogP contribution in [0.5, 0.6) is 5.75 Å². The highest BCUT2D eigenvalue weighted by atomic mass is 16.5. The molecule has 0 aliphatic heterocycles. The second-order valence-electron chi connectivity index (χ2n) is 4.54. The molecule has 0 spiro atoms. The summed E-state index contributed by atoms with van der Waals surface area (Å²) >= 11 is 0. The Morgan fingerprint density at radius 2 is 1.78 bits per heavy atom. The highest BCUT2D eigenvalue weighted by molar-refractivity contribution is 6.01. The summed E-state index contributed by atoms with van der Waals surface area (Å²) in [6, 6.07) is 15.9. The molecular weight excluding hydrogens is 224 g/mol. The summed E-state index contributed by atoms with van der Waals surface area (Å²) in [5.74, 6) is 1.28. The summed E-state index contributed by atoms with van der Waals surface area (Å²) in [6.07, 6.45) is 0.575. The number of hydrogen-bond acceptors (Lipinski definition) is 2. The highest BCUT2D eigenvalue weighted by Gasteiger charge is 2.29. The van der Waals surface area contributed by atoms with Crippen molar-refractivity contribution in [2.45, 2.75) is 12.3 Å². The fourth-order valence-corrected chi connectivity index (χ4v) is 2.59. The monoisotopic (exact) mass is 238 g/mol. The first-order valence-corrected chi connectivity index (χ1v) is 6.05. The molecule has 2 aromatic rings. The predicted molar refractivity (Wildman–Crippen MR) is 70.2 cm³/mol. The van der Waals surface area contributed by atoms with Gasteiger partial charge in [-0.3, -0.25) is 4.79 Å². The van der Waals surface area contributed by atoms with E-state index in [1.807, 2.05) is 42.5 Å². The van der Waals surface area contributed by atoms with Crippen LogP contribution in [-0.4, -0.2) is 12.9 Å². The van der Waals surface area contributed by atoms with Crippen LogP contribution in [0.1, 0.15) is 33.8 Å². The minimum Gasteiger partial charge on any atom is -0.497 e. The molecule has 0 bridgehead atoms. The molecule has 1 aliphatic carbocycles. The van der Waals surface area contributed by atoms with Gasteiger partial charge in [0.1, 0.15) is 5.75 Å². The molecule has 0 heterocycles. The van der Waals surface area contributed by atoms with Crippen molar-refractivity contribution in [3.63, 3.8) is 0 Å². The van der Waals surface area contributed by atoms with Crippen LogP contribution in [0.2, 0.25) is 0 Å². The molecule has 1 aliphatic rings. The first-order chi connectivity index (χ1) is 8.79. The molecule has 3 rings (SSSR count). The average molecular weight is 238 g/mol. The SMILES string of the molecule is COc1ccc([C@H]2CC(=O)c3ccccc32)cc1. The summed E-state index contributed by atoms with van der Waals surface area (Å²) in [5.41, 5.74) is 3.19. The molecule has 0 saturated heterocycles. The Hall–Kier alpha value is -2.09. The molecule has 0 saturated carbocycles. The average Bonchev–Trinajstić information content (AvgIpc) is 2.77.